The van der Waals surface area contributed by atoms with Crippen molar-refractivity contribution in [1.29, 1.82) is 0 Å². The number of benzene rings is 1. The minimum atomic E-state index is -0.942. The van der Waals surface area contributed by atoms with Gasteiger partial charge >= 0.3 is 18.1 Å². The maximum absolute atomic E-state index is 13.7. The number of epoxide rings is 2. The summed E-state index contributed by atoms with van der Waals surface area (Å²) >= 11 is 0. The summed E-state index contributed by atoms with van der Waals surface area (Å²) in [6, 6.07) is 9.43. The van der Waals surface area contributed by atoms with E-state index in [-0.39, 0.29) is 47.8 Å². The van der Waals surface area contributed by atoms with Crippen LogP contribution in [-0.2, 0) is 42.7 Å². The molecule has 49 heavy (non-hydrogen) atoms. The number of ether oxygens (including phenoxy) is 7. The van der Waals surface area contributed by atoms with Crippen molar-refractivity contribution in [3.8, 4) is 0 Å². The van der Waals surface area contributed by atoms with Gasteiger partial charge in [-0.05, 0) is 52.4 Å². The highest BCUT2D eigenvalue weighted by molar-refractivity contribution is 5.98. The van der Waals surface area contributed by atoms with Gasteiger partial charge in [0.15, 0.2) is 17.6 Å². The molecule has 3 saturated carbocycles. The lowest BCUT2D eigenvalue weighted by molar-refractivity contribution is -0.366. The van der Waals surface area contributed by atoms with E-state index >= 15 is 0 Å². The topological polar surface area (TPSA) is 122 Å². The fraction of sp³-hybridized carbons (Fsp3) is 0.667. The molecule has 5 heterocycles. The van der Waals surface area contributed by atoms with Crippen LogP contribution in [0.4, 0.5) is 4.79 Å². The molecular formula is C39H46O10. The molecule has 10 nitrogen and oxygen atoms in total. The van der Waals surface area contributed by atoms with Crippen LogP contribution in [0.25, 0.3) is 5.76 Å². The number of esters is 2. The average Bonchev–Trinajstić information content (AvgIpc) is 3.94. The van der Waals surface area contributed by atoms with E-state index in [0.717, 1.165) is 37.7 Å². The molecule has 4 aliphatic carbocycles. The minimum absolute atomic E-state index is 0.0260. The fourth-order valence-electron chi connectivity index (χ4n) is 10.9. The van der Waals surface area contributed by atoms with E-state index in [1.165, 1.54) is 0 Å². The van der Waals surface area contributed by atoms with Gasteiger partial charge in [0.25, 0.3) is 0 Å². The lowest BCUT2D eigenvalue weighted by atomic mass is 9.41. The summed E-state index contributed by atoms with van der Waals surface area (Å²) in [7, 11) is 0. The Hall–Kier alpha value is -3.21. The molecule has 0 aromatic heterocycles. The predicted octanol–water partition coefficient (Wildman–Crippen LogP) is 6.55. The quantitative estimate of drug-likeness (QED) is 0.147. The standard InChI is InChI=1S/C39H46O10/c1-20(2)38-29(47-38)30-39(48-30)36(6)18-17-23-25(26(36)24-19-37(39,46-24)33(38)45-34(42)49-35(3,4)5)28(44-32(23)41)27(21-13-9-7-10-14-21)43-31(40)22-15-11-8-12-16-22/h7,9-10,13-14,20,22,24,26,29-30,33H,8,11-12,15-19H2,1-6H3/b28-27+/t24?,26-,29-,30-,33-,36-,37+,38-,39+/m0/s1. The molecule has 1 aromatic carbocycles. The van der Waals surface area contributed by atoms with E-state index in [0.29, 0.717) is 36.2 Å². The Labute approximate surface area is 286 Å². The van der Waals surface area contributed by atoms with E-state index in [4.69, 9.17) is 33.2 Å². The zero-order chi connectivity index (χ0) is 34.3. The minimum Gasteiger partial charge on any atom is -0.429 e. The molecule has 7 fully saturated rings. The summed E-state index contributed by atoms with van der Waals surface area (Å²) < 4.78 is 44.9. The van der Waals surface area contributed by atoms with Gasteiger partial charge in [0.05, 0.1) is 12.0 Å². The summed E-state index contributed by atoms with van der Waals surface area (Å²) in [5.74, 6) is -0.563. The number of fused-ring (bicyclic) bond motifs is 2. The second-order valence-electron chi connectivity index (χ2n) is 17.0. The van der Waals surface area contributed by atoms with Crippen molar-refractivity contribution in [2.45, 2.75) is 140 Å². The van der Waals surface area contributed by atoms with Gasteiger partial charge in [0, 0.05) is 34.5 Å². The van der Waals surface area contributed by atoms with E-state index in [1.807, 2.05) is 51.1 Å². The number of carbonyl (C=O) groups excluding carboxylic acids is 3. The molecule has 1 unspecified atom stereocenters. The summed E-state index contributed by atoms with van der Waals surface area (Å²) in [6.07, 6.45) is 4.02. The highest BCUT2D eigenvalue weighted by Crippen LogP contribution is 2.83. The summed E-state index contributed by atoms with van der Waals surface area (Å²) in [5, 5.41) is 0. The number of allylic oxidation sites excluding steroid dienone is 1. The lowest BCUT2D eigenvalue weighted by Gasteiger charge is -2.70. The Balaban J connectivity index is 1.13. The largest absolute Gasteiger partial charge is 0.509 e. The van der Waals surface area contributed by atoms with Gasteiger partial charge in [0.2, 0.25) is 0 Å². The van der Waals surface area contributed by atoms with Crippen LogP contribution in [0.5, 0.6) is 0 Å². The smallest absolute Gasteiger partial charge is 0.429 e. The Bertz CT molecular complexity index is 1690. The molecule has 10 heteroatoms. The van der Waals surface area contributed by atoms with Crippen LogP contribution in [0, 0.1) is 23.2 Å². The maximum Gasteiger partial charge on any atom is 0.509 e. The molecule has 1 aromatic rings. The first-order valence-corrected chi connectivity index (χ1v) is 18.2. The Kier molecular flexibility index (Phi) is 6.61. The van der Waals surface area contributed by atoms with E-state index in [9.17, 15) is 14.4 Å². The summed E-state index contributed by atoms with van der Waals surface area (Å²) in [5.41, 5.74) is -1.76. The first-order chi connectivity index (χ1) is 23.3. The summed E-state index contributed by atoms with van der Waals surface area (Å²) in [6.45, 7) is 11.8. The van der Waals surface area contributed by atoms with Crippen molar-refractivity contribution in [2.24, 2.45) is 23.2 Å². The highest BCUT2D eigenvalue weighted by atomic mass is 16.8. The van der Waals surface area contributed by atoms with Crippen LogP contribution in [0.2, 0.25) is 0 Å². The van der Waals surface area contributed by atoms with E-state index < -0.39 is 46.0 Å². The molecular weight excluding hydrogens is 628 g/mol. The monoisotopic (exact) mass is 674 g/mol. The fourth-order valence-corrected chi connectivity index (χ4v) is 10.9. The van der Waals surface area contributed by atoms with Gasteiger partial charge in [-0.1, -0.05) is 70.4 Å². The zero-order valence-corrected chi connectivity index (χ0v) is 29.2. The van der Waals surface area contributed by atoms with Crippen LogP contribution in [0.1, 0.15) is 98.5 Å². The highest BCUT2D eigenvalue weighted by Gasteiger charge is 2.99. The number of rotatable bonds is 5. The van der Waals surface area contributed by atoms with Gasteiger partial charge in [0.1, 0.15) is 34.6 Å². The van der Waals surface area contributed by atoms with Crippen molar-refractivity contribution < 1.29 is 47.5 Å². The zero-order valence-electron chi connectivity index (χ0n) is 29.2. The molecule has 0 N–H and O–H groups in total. The molecule has 4 saturated heterocycles. The van der Waals surface area contributed by atoms with Crippen LogP contribution in [-0.4, -0.2) is 64.9 Å². The second-order valence-corrected chi connectivity index (χ2v) is 17.0. The van der Waals surface area contributed by atoms with Gasteiger partial charge in [-0.3, -0.25) is 4.79 Å². The molecule has 5 aliphatic heterocycles. The van der Waals surface area contributed by atoms with E-state index in [2.05, 4.69) is 20.8 Å². The number of carbonyl (C=O) groups is 3. The van der Waals surface area contributed by atoms with Crippen molar-refractivity contribution in [3.63, 3.8) is 0 Å². The summed E-state index contributed by atoms with van der Waals surface area (Å²) in [4.78, 5) is 40.6. The molecule has 9 atom stereocenters. The van der Waals surface area contributed by atoms with Gasteiger partial charge < -0.3 is 33.2 Å². The third-order valence-corrected chi connectivity index (χ3v) is 13.0. The van der Waals surface area contributed by atoms with E-state index in [1.54, 1.807) is 0 Å². The third-order valence-electron chi connectivity index (χ3n) is 13.0. The molecule has 0 amide bonds. The van der Waals surface area contributed by atoms with Gasteiger partial charge in [-0.15, -0.1) is 0 Å². The average molecular weight is 675 g/mol. The van der Waals surface area contributed by atoms with Crippen LogP contribution >= 0.6 is 0 Å². The molecule has 0 radical (unpaired) electrons. The SMILES string of the molecule is CC(C)[C@]12O[C@H]1[C@@H]1O[C@@]13[C@@]1(C)CCC4=C(/C(=C(\OC(=O)C5CCCCC5)c5ccccc5)OC4=O)[C@@H]1C1C[C@@]3(O1)[C@@H]2OC(=O)OC(C)(C)C. The maximum atomic E-state index is 13.7. The Morgan fingerprint density at radius 1 is 0.980 bits per heavy atom. The Morgan fingerprint density at radius 2 is 1.69 bits per heavy atom. The first kappa shape index (κ1) is 31.7. The number of cyclic esters (lactones) is 1. The van der Waals surface area contributed by atoms with Crippen molar-refractivity contribution >= 4 is 23.9 Å². The molecule has 9 aliphatic rings. The van der Waals surface area contributed by atoms with Crippen LogP contribution < -0.4 is 0 Å². The normalized spacial score (nSPS) is 42.3. The molecule has 2 spiro atoms. The predicted molar refractivity (Wildman–Crippen MR) is 173 cm³/mol. The van der Waals surface area contributed by atoms with Crippen molar-refractivity contribution in [2.75, 3.05) is 0 Å². The van der Waals surface area contributed by atoms with Crippen molar-refractivity contribution in [3.05, 3.63) is 52.8 Å². The lowest BCUT2D eigenvalue weighted by Crippen LogP contribution is -2.84. The number of hydrogen-bond acceptors (Lipinski definition) is 10. The molecule has 262 valence electrons. The molecule has 2 bridgehead atoms. The van der Waals surface area contributed by atoms with Crippen molar-refractivity contribution in [1.82, 2.24) is 0 Å². The second kappa shape index (κ2) is 10.2. The molecule has 10 rings (SSSR count). The number of hydrogen-bond donors (Lipinski definition) is 0. The third kappa shape index (κ3) is 4.08. The van der Waals surface area contributed by atoms with Gasteiger partial charge in [-0.25, -0.2) is 9.59 Å². The van der Waals surface area contributed by atoms with Crippen LogP contribution in [0.3, 0.4) is 0 Å². The van der Waals surface area contributed by atoms with Crippen LogP contribution in [0.15, 0.2) is 47.2 Å². The van der Waals surface area contributed by atoms with Gasteiger partial charge in [-0.2, -0.15) is 0 Å². The first-order valence-electron chi connectivity index (χ1n) is 18.2. The Morgan fingerprint density at radius 3 is 2.37 bits per heavy atom.